The lowest BCUT2D eigenvalue weighted by atomic mass is 10.2. The molecule has 1 aromatic rings. The Morgan fingerprint density at radius 3 is 2.58 bits per heavy atom. The zero-order chi connectivity index (χ0) is 14.4. The molecule has 1 heterocycles. The Balaban J connectivity index is 2.70. The number of amides is 1. The second-order valence-corrected chi connectivity index (χ2v) is 3.82. The number of carboxylic acid groups (broad SMARTS) is 2. The second-order valence-electron chi connectivity index (χ2n) is 3.82. The first-order chi connectivity index (χ1) is 8.93. The molecule has 1 atom stereocenters. The SMILES string of the molecule is CCCc1nc(C(=O)N[C@@H](CC(=O)O)C(=O)O)n[nH]1. The molecule has 4 N–H and O–H groups in total. The van der Waals surface area contributed by atoms with E-state index in [9.17, 15) is 14.4 Å². The zero-order valence-electron chi connectivity index (χ0n) is 10.2. The summed E-state index contributed by atoms with van der Waals surface area (Å²) in [6.45, 7) is 1.93. The van der Waals surface area contributed by atoms with E-state index in [1.165, 1.54) is 0 Å². The maximum atomic E-state index is 11.6. The van der Waals surface area contributed by atoms with E-state index in [0.29, 0.717) is 12.2 Å². The van der Waals surface area contributed by atoms with Gasteiger partial charge in [-0.15, -0.1) is 5.10 Å². The minimum atomic E-state index is -1.52. The van der Waals surface area contributed by atoms with E-state index in [4.69, 9.17) is 10.2 Å². The van der Waals surface area contributed by atoms with Gasteiger partial charge in [-0.2, -0.15) is 0 Å². The Labute approximate surface area is 108 Å². The van der Waals surface area contributed by atoms with Gasteiger partial charge in [-0.1, -0.05) is 6.92 Å². The summed E-state index contributed by atoms with van der Waals surface area (Å²) in [7, 11) is 0. The second kappa shape index (κ2) is 6.47. The third-order valence-corrected chi connectivity index (χ3v) is 2.20. The molecular formula is C10H14N4O5. The molecule has 0 radical (unpaired) electrons. The third-order valence-electron chi connectivity index (χ3n) is 2.20. The van der Waals surface area contributed by atoms with Crippen molar-refractivity contribution >= 4 is 17.8 Å². The van der Waals surface area contributed by atoms with Crippen LogP contribution in [0.25, 0.3) is 0 Å². The van der Waals surface area contributed by atoms with E-state index in [0.717, 1.165) is 6.42 Å². The summed E-state index contributed by atoms with van der Waals surface area (Å²) < 4.78 is 0. The van der Waals surface area contributed by atoms with Crippen molar-refractivity contribution in [3.8, 4) is 0 Å². The summed E-state index contributed by atoms with van der Waals surface area (Å²) >= 11 is 0. The van der Waals surface area contributed by atoms with Crippen LogP contribution in [0.3, 0.4) is 0 Å². The predicted octanol–water partition coefficient (Wildman–Crippen LogP) is -0.585. The van der Waals surface area contributed by atoms with Crippen LogP contribution in [0.4, 0.5) is 0 Å². The lowest BCUT2D eigenvalue weighted by molar-refractivity contribution is -0.145. The highest BCUT2D eigenvalue weighted by molar-refractivity contribution is 5.94. The number of rotatable bonds is 7. The van der Waals surface area contributed by atoms with Crippen LogP contribution in [0.1, 0.15) is 36.2 Å². The first-order valence-electron chi connectivity index (χ1n) is 5.60. The molecule has 0 spiro atoms. The Hall–Kier alpha value is -2.45. The molecule has 0 aromatic carbocycles. The van der Waals surface area contributed by atoms with E-state index < -0.39 is 30.3 Å². The Morgan fingerprint density at radius 2 is 2.05 bits per heavy atom. The summed E-state index contributed by atoms with van der Waals surface area (Å²) in [6, 6.07) is -1.52. The summed E-state index contributed by atoms with van der Waals surface area (Å²) in [5, 5.41) is 25.6. The normalized spacial score (nSPS) is 11.8. The number of aromatic nitrogens is 3. The molecule has 1 amide bonds. The number of carboxylic acids is 2. The number of carbonyl (C=O) groups excluding carboxylic acids is 1. The van der Waals surface area contributed by atoms with Crippen molar-refractivity contribution in [1.29, 1.82) is 0 Å². The number of hydrogen-bond acceptors (Lipinski definition) is 5. The van der Waals surface area contributed by atoms with E-state index in [1.54, 1.807) is 0 Å². The topological polar surface area (TPSA) is 145 Å². The third kappa shape index (κ3) is 4.37. The number of hydrogen-bond donors (Lipinski definition) is 4. The van der Waals surface area contributed by atoms with E-state index in [2.05, 4.69) is 20.5 Å². The van der Waals surface area contributed by atoms with Crippen LogP contribution < -0.4 is 5.32 Å². The molecule has 0 fully saturated rings. The number of aryl methyl sites for hydroxylation is 1. The van der Waals surface area contributed by atoms with Gasteiger partial charge in [0.15, 0.2) is 0 Å². The molecular weight excluding hydrogens is 256 g/mol. The molecule has 1 aromatic heterocycles. The number of nitrogens with zero attached hydrogens (tertiary/aromatic N) is 2. The number of aromatic amines is 1. The number of aliphatic carboxylic acids is 2. The van der Waals surface area contributed by atoms with Gasteiger partial charge in [-0.05, 0) is 6.42 Å². The molecule has 0 saturated carbocycles. The Kier molecular flexibility index (Phi) is 4.98. The van der Waals surface area contributed by atoms with Crippen LogP contribution in [-0.4, -0.2) is 49.3 Å². The molecule has 9 nitrogen and oxygen atoms in total. The van der Waals surface area contributed by atoms with Crippen LogP contribution in [0.15, 0.2) is 0 Å². The molecule has 0 aliphatic heterocycles. The molecule has 0 aliphatic rings. The Morgan fingerprint density at radius 1 is 1.37 bits per heavy atom. The van der Waals surface area contributed by atoms with Gasteiger partial charge in [-0.3, -0.25) is 14.7 Å². The van der Waals surface area contributed by atoms with Gasteiger partial charge in [0.25, 0.3) is 5.91 Å². The van der Waals surface area contributed by atoms with Crippen molar-refractivity contribution in [2.45, 2.75) is 32.2 Å². The predicted molar refractivity (Wildman–Crippen MR) is 61.5 cm³/mol. The van der Waals surface area contributed by atoms with E-state index in [-0.39, 0.29) is 5.82 Å². The first-order valence-corrected chi connectivity index (χ1v) is 5.60. The quantitative estimate of drug-likeness (QED) is 0.518. The van der Waals surface area contributed by atoms with Gasteiger partial charge < -0.3 is 15.5 Å². The maximum Gasteiger partial charge on any atom is 0.326 e. The van der Waals surface area contributed by atoms with Gasteiger partial charge in [0.05, 0.1) is 6.42 Å². The molecule has 19 heavy (non-hydrogen) atoms. The average molecular weight is 270 g/mol. The van der Waals surface area contributed by atoms with Gasteiger partial charge in [-0.25, -0.2) is 9.78 Å². The van der Waals surface area contributed by atoms with Crippen molar-refractivity contribution < 1.29 is 24.6 Å². The van der Waals surface area contributed by atoms with E-state index in [1.807, 2.05) is 6.92 Å². The largest absolute Gasteiger partial charge is 0.481 e. The molecule has 1 rings (SSSR count). The van der Waals surface area contributed by atoms with E-state index >= 15 is 0 Å². The van der Waals surface area contributed by atoms with Crippen molar-refractivity contribution in [3.63, 3.8) is 0 Å². The van der Waals surface area contributed by atoms with Gasteiger partial charge in [0.1, 0.15) is 11.9 Å². The molecule has 0 bridgehead atoms. The average Bonchev–Trinajstić information content (AvgIpc) is 2.76. The fourth-order valence-corrected chi connectivity index (χ4v) is 1.34. The highest BCUT2D eigenvalue weighted by Crippen LogP contribution is 1.99. The van der Waals surface area contributed by atoms with Crippen LogP contribution in [0.5, 0.6) is 0 Å². The van der Waals surface area contributed by atoms with Crippen LogP contribution in [-0.2, 0) is 16.0 Å². The van der Waals surface area contributed by atoms with Crippen molar-refractivity contribution in [2.24, 2.45) is 0 Å². The number of carbonyl (C=O) groups is 3. The fourth-order valence-electron chi connectivity index (χ4n) is 1.34. The smallest absolute Gasteiger partial charge is 0.326 e. The van der Waals surface area contributed by atoms with Crippen LogP contribution in [0, 0.1) is 0 Å². The fraction of sp³-hybridized carbons (Fsp3) is 0.500. The van der Waals surface area contributed by atoms with Gasteiger partial charge >= 0.3 is 11.9 Å². The first kappa shape index (κ1) is 14.6. The Bertz CT molecular complexity index is 484. The standard InChI is InChI=1S/C10H14N4O5/c1-2-3-6-12-8(14-13-6)9(17)11-5(10(18)19)4-7(15)16/h5H,2-4H2,1H3,(H,11,17)(H,15,16)(H,18,19)(H,12,13,14)/t5-/m0/s1. The minimum absolute atomic E-state index is 0.208. The van der Waals surface area contributed by atoms with Crippen LogP contribution >= 0.6 is 0 Å². The van der Waals surface area contributed by atoms with Crippen molar-refractivity contribution in [3.05, 3.63) is 11.6 Å². The maximum absolute atomic E-state index is 11.6. The molecule has 0 unspecified atom stereocenters. The van der Waals surface area contributed by atoms with Gasteiger partial charge in [0, 0.05) is 6.42 Å². The molecule has 104 valence electrons. The van der Waals surface area contributed by atoms with Crippen LogP contribution in [0.2, 0.25) is 0 Å². The van der Waals surface area contributed by atoms with Crippen molar-refractivity contribution in [1.82, 2.24) is 20.5 Å². The zero-order valence-corrected chi connectivity index (χ0v) is 10.2. The lowest BCUT2D eigenvalue weighted by Crippen LogP contribution is -2.42. The summed E-state index contributed by atoms with van der Waals surface area (Å²) in [5.74, 6) is -3.28. The van der Waals surface area contributed by atoms with Crippen molar-refractivity contribution in [2.75, 3.05) is 0 Å². The van der Waals surface area contributed by atoms with Gasteiger partial charge in [0.2, 0.25) is 5.82 Å². The monoisotopic (exact) mass is 270 g/mol. The lowest BCUT2D eigenvalue weighted by Gasteiger charge is -2.10. The summed E-state index contributed by atoms with van der Waals surface area (Å²) in [4.78, 5) is 36.8. The molecule has 0 saturated heterocycles. The highest BCUT2D eigenvalue weighted by atomic mass is 16.4. The molecule has 0 aliphatic carbocycles. The number of H-pyrrole nitrogens is 1. The summed E-state index contributed by atoms with van der Waals surface area (Å²) in [5.41, 5.74) is 0. The minimum Gasteiger partial charge on any atom is -0.481 e. The molecule has 9 heteroatoms. The summed E-state index contributed by atoms with van der Waals surface area (Å²) in [6.07, 6.45) is 0.706. The highest BCUT2D eigenvalue weighted by Gasteiger charge is 2.25. The number of nitrogens with one attached hydrogen (secondary N) is 2.